The van der Waals surface area contributed by atoms with Crippen LogP contribution in [0.3, 0.4) is 0 Å². The number of amides is 1. The molecule has 0 spiro atoms. The van der Waals surface area contributed by atoms with E-state index in [0.717, 1.165) is 38.5 Å². The summed E-state index contributed by atoms with van der Waals surface area (Å²) in [7, 11) is 1.32. The monoisotopic (exact) mass is 859 g/mol. The van der Waals surface area contributed by atoms with Crippen molar-refractivity contribution in [2.45, 2.75) is 276 Å². The van der Waals surface area contributed by atoms with E-state index in [4.69, 9.17) is 9.05 Å². The zero-order chi connectivity index (χ0) is 43.6. The van der Waals surface area contributed by atoms with E-state index >= 15 is 0 Å². The Balaban J connectivity index is 4.22. The van der Waals surface area contributed by atoms with E-state index in [1.54, 1.807) is 0 Å². The van der Waals surface area contributed by atoms with Crippen LogP contribution in [-0.4, -0.2) is 68.5 Å². The largest absolute Gasteiger partial charge is 0.756 e. The Hall–Kier alpha value is -0.500. The van der Waals surface area contributed by atoms with Crippen molar-refractivity contribution in [2.24, 2.45) is 0 Å². The molecular weight excluding hydrogens is 756 g/mol. The third-order valence-corrected chi connectivity index (χ3v) is 13.1. The molecule has 1 amide bonds. The molecule has 0 radical (unpaired) electrons. The average molecular weight is 859 g/mol. The van der Waals surface area contributed by atoms with Gasteiger partial charge in [-0.1, -0.05) is 245 Å². The Labute approximate surface area is 368 Å². The summed E-state index contributed by atoms with van der Waals surface area (Å²) in [5, 5.41) is 14.0. The molecule has 0 saturated carbocycles. The number of carbonyl (C=O) groups is 1. The van der Waals surface area contributed by atoms with Gasteiger partial charge in [0.1, 0.15) is 13.2 Å². The van der Waals surface area contributed by atoms with Crippen LogP contribution >= 0.6 is 7.82 Å². The highest BCUT2D eigenvalue weighted by atomic mass is 31.2. The van der Waals surface area contributed by atoms with E-state index in [1.165, 1.54) is 199 Å². The van der Waals surface area contributed by atoms with Gasteiger partial charge in [-0.05, 0) is 12.8 Å². The molecule has 9 heteroatoms. The highest BCUT2D eigenvalue weighted by Gasteiger charge is 2.24. The van der Waals surface area contributed by atoms with Gasteiger partial charge in [0.15, 0.2) is 0 Å². The van der Waals surface area contributed by atoms with Crippen molar-refractivity contribution in [3.8, 4) is 0 Å². The predicted octanol–water partition coefficient (Wildman–Crippen LogP) is 14.3. The summed E-state index contributed by atoms with van der Waals surface area (Å²) >= 11 is 0. The number of aliphatic hydroxyl groups excluding tert-OH is 1. The smallest absolute Gasteiger partial charge is 0.268 e. The molecule has 0 aromatic carbocycles. The van der Waals surface area contributed by atoms with E-state index in [-0.39, 0.29) is 19.1 Å². The van der Waals surface area contributed by atoms with Crippen LogP contribution in [0.25, 0.3) is 0 Å². The molecule has 2 N–H and O–H groups in total. The van der Waals surface area contributed by atoms with E-state index in [1.807, 2.05) is 21.1 Å². The number of hydrogen-bond acceptors (Lipinski definition) is 6. The number of rotatable bonds is 48. The zero-order valence-electron chi connectivity index (χ0n) is 40.2. The van der Waals surface area contributed by atoms with Crippen LogP contribution in [0.1, 0.15) is 264 Å². The van der Waals surface area contributed by atoms with Gasteiger partial charge in [0.25, 0.3) is 7.82 Å². The molecule has 0 aliphatic heterocycles. The van der Waals surface area contributed by atoms with Gasteiger partial charge in [0.2, 0.25) is 5.91 Å². The van der Waals surface area contributed by atoms with E-state index in [2.05, 4.69) is 19.2 Å². The summed E-state index contributed by atoms with van der Waals surface area (Å²) < 4.78 is 23.4. The third-order valence-electron chi connectivity index (χ3n) is 12.1. The van der Waals surface area contributed by atoms with Crippen molar-refractivity contribution < 1.29 is 32.9 Å². The molecule has 0 aromatic rings. The minimum atomic E-state index is -4.56. The third kappa shape index (κ3) is 45.3. The molecule has 354 valence electrons. The van der Waals surface area contributed by atoms with Crippen molar-refractivity contribution in [3.05, 3.63) is 0 Å². The summed E-state index contributed by atoms with van der Waals surface area (Å²) in [6, 6.07) is -0.794. The van der Waals surface area contributed by atoms with Gasteiger partial charge < -0.3 is 28.8 Å². The maximum absolute atomic E-state index is 12.9. The highest BCUT2D eigenvalue weighted by Crippen LogP contribution is 2.38. The number of nitrogens with one attached hydrogen (secondary N) is 1. The zero-order valence-corrected chi connectivity index (χ0v) is 41.1. The Morgan fingerprint density at radius 3 is 1.15 bits per heavy atom. The molecule has 0 heterocycles. The number of aliphatic hydroxyl groups is 1. The van der Waals surface area contributed by atoms with E-state index in [0.29, 0.717) is 23.9 Å². The van der Waals surface area contributed by atoms with E-state index < -0.39 is 20.0 Å². The van der Waals surface area contributed by atoms with Crippen LogP contribution < -0.4 is 10.2 Å². The van der Waals surface area contributed by atoms with Gasteiger partial charge in [-0.3, -0.25) is 9.36 Å². The van der Waals surface area contributed by atoms with Gasteiger partial charge in [-0.2, -0.15) is 0 Å². The van der Waals surface area contributed by atoms with E-state index in [9.17, 15) is 19.4 Å². The molecule has 0 aromatic heterocycles. The number of hydrogen-bond donors (Lipinski definition) is 2. The number of unbranched alkanes of at least 4 members (excludes halogenated alkanes) is 35. The molecule has 0 bridgehead atoms. The minimum absolute atomic E-state index is 0.0164. The quantitative estimate of drug-likeness (QED) is 0.0358. The number of quaternary nitrogens is 1. The average Bonchev–Trinajstić information content (AvgIpc) is 3.19. The standard InChI is InChI=1S/C50H103N2O6P/c1-6-8-10-12-14-16-18-20-22-24-26-28-30-32-34-36-38-40-42-44-50(54)51-48(47-58-59(55,56)57-46-45-52(3,4)5)49(53)43-41-39-37-35-33-31-29-27-25-23-21-19-17-15-13-11-9-7-2/h48-49,53H,6-47H2,1-5H3,(H-,51,54,55,56). The molecule has 3 unspecified atom stereocenters. The van der Waals surface area contributed by atoms with Crippen molar-refractivity contribution in [2.75, 3.05) is 40.9 Å². The molecule has 0 rings (SSSR count). The molecule has 0 saturated heterocycles. The van der Waals surface area contributed by atoms with Crippen LogP contribution in [0.5, 0.6) is 0 Å². The van der Waals surface area contributed by atoms with Gasteiger partial charge >= 0.3 is 0 Å². The summed E-state index contributed by atoms with van der Waals surface area (Å²) in [5.41, 5.74) is 0. The fourth-order valence-electron chi connectivity index (χ4n) is 7.98. The SMILES string of the molecule is CCCCCCCCCCCCCCCCCCCCCC(=O)NC(COP(=O)([O-])OCC[N+](C)(C)C)C(O)CCCCCCCCCCCCCCCCCCCC. The summed E-state index contributed by atoms with van der Waals surface area (Å²) in [6.45, 7) is 4.76. The number of likely N-dealkylation sites (N-methyl/N-ethyl adjacent to an activating group) is 1. The second-order valence-electron chi connectivity index (χ2n) is 19.2. The number of phosphoric acid groups is 1. The summed E-state index contributed by atoms with van der Waals surface area (Å²) in [5.74, 6) is -0.158. The lowest BCUT2D eigenvalue weighted by Crippen LogP contribution is -2.46. The van der Waals surface area contributed by atoms with Crippen molar-refractivity contribution in [3.63, 3.8) is 0 Å². The Bertz CT molecular complexity index is 932. The molecule has 0 aliphatic carbocycles. The van der Waals surface area contributed by atoms with Crippen LogP contribution in [0.15, 0.2) is 0 Å². The molecule has 0 aliphatic rings. The molecule has 3 atom stereocenters. The Morgan fingerprint density at radius 1 is 0.525 bits per heavy atom. The fraction of sp³-hybridized carbons (Fsp3) is 0.980. The summed E-state index contributed by atoms with van der Waals surface area (Å²) in [4.78, 5) is 25.4. The van der Waals surface area contributed by atoms with Gasteiger partial charge in [0, 0.05) is 6.42 Å². The molecule has 8 nitrogen and oxygen atoms in total. The van der Waals surface area contributed by atoms with Crippen molar-refractivity contribution in [1.29, 1.82) is 0 Å². The second-order valence-corrected chi connectivity index (χ2v) is 20.7. The minimum Gasteiger partial charge on any atom is -0.756 e. The normalized spacial score (nSPS) is 14.1. The molecular formula is C50H103N2O6P. The number of nitrogens with zero attached hydrogens (tertiary/aromatic N) is 1. The van der Waals surface area contributed by atoms with Crippen LogP contribution in [-0.2, 0) is 18.4 Å². The van der Waals surface area contributed by atoms with Gasteiger partial charge in [-0.25, -0.2) is 0 Å². The lowest BCUT2D eigenvalue weighted by molar-refractivity contribution is -0.870. The van der Waals surface area contributed by atoms with Gasteiger partial charge in [-0.15, -0.1) is 0 Å². The topological polar surface area (TPSA) is 108 Å². The number of phosphoric ester groups is 1. The summed E-state index contributed by atoms with van der Waals surface area (Å²) in [6.07, 6.45) is 48.2. The first-order valence-electron chi connectivity index (χ1n) is 25.9. The lowest BCUT2D eigenvalue weighted by Gasteiger charge is -2.30. The van der Waals surface area contributed by atoms with Crippen molar-refractivity contribution >= 4 is 13.7 Å². The van der Waals surface area contributed by atoms with Crippen molar-refractivity contribution in [1.82, 2.24) is 5.32 Å². The maximum atomic E-state index is 12.9. The fourth-order valence-corrected chi connectivity index (χ4v) is 8.71. The lowest BCUT2D eigenvalue weighted by atomic mass is 10.0. The van der Waals surface area contributed by atoms with Gasteiger partial charge in [0.05, 0.1) is 39.9 Å². The van der Waals surface area contributed by atoms with Crippen LogP contribution in [0, 0.1) is 0 Å². The highest BCUT2D eigenvalue weighted by molar-refractivity contribution is 7.45. The second kappa shape index (κ2) is 42.8. The predicted molar refractivity (Wildman–Crippen MR) is 252 cm³/mol. The first kappa shape index (κ1) is 58.5. The molecule has 59 heavy (non-hydrogen) atoms. The Kier molecular flexibility index (Phi) is 42.4. The number of carbonyl (C=O) groups excluding carboxylic acids is 1. The van der Waals surface area contributed by atoms with Crippen LogP contribution in [0.2, 0.25) is 0 Å². The van der Waals surface area contributed by atoms with Crippen LogP contribution in [0.4, 0.5) is 0 Å². The maximum Gasteiger partial charge on any atom is 0.268 e. The Morgan fingerprint density at radius 2 is 0.831 bits per heavy atom. The first-order valence-corrected chi connectivity index (χ1v) is 27.3. The first-order chi connectivity index (χ1) is 28.5. The molecule has 0 fully saturated rings.